The summed E-state index contributed by atoms with van der Waals surface area (Å²) < 4.78 is 1.62. The molecule has 2 aromatic carbocycles. The fourth-order valence-electron chi connectivity index (χ4n) is 4.15. The number of benzene rings is 2. The number of hydrogen-bond acceptors (Lipinski definition) is 5. The normalized spacial score (nSPS) is 14.2. The first-order valence-corrected chi connectivity index (χ1v) is 10.8. The van der Waals surface area contributed by atoms with Crippen LogP contribution in [0.15, 0.2) is 47.3 Å². The van der Waals surface area contributed by atoms with Crippen molar-refractivity contribution in [1.29, 1.82) is 0 Å². The van der Waals surface area contributed by atoms with Crippen LogP contribution in [0.4, 0.5) is 11.4 Å². The van der Waals surface area contributed by atoms with Gasteiger partial charge in [-0.05, 0) is 54.7 Å². The van der Waals surface area contributed by atoms with Crippen LogP contribution in [0.1, 0.15) is 44.5 Å². The van der Waals surface area contributed by atoms with Gasteiger partial charge >= 0.3 is 0 Å². The lowest BCUT2D eigenvalue weighted by Crippen LogP contribution is -2.24. The molecule has 4 rings (SSSR count). The van der Waals surface area contributed by atoms with Gasteiger partial charge in [-0.2, -0.15) is 0 Å². The van der Waals surface area contributed by atoms with E-state index in [1.807, 2.05) is 0 Å². The Labute approximate surface area is 180 Å². The van der Waals surface area contributed by atoms with E-state index in [0.717, 1.165) is 37.1 Å². The molecule has 0 saturated heterocycles. The number of non-ortho nitro benzene ring substituents is 1. The molecule has 160 valence electrons. The molecule has 0 bridgehead atoms. The van der Waals surface area contributed by atoms with E-state index < -0.39 is 4.92 Å². The summed E-state index contributed by atoms with van der Waals surface area (Å²) in [5.41, 5.74) is 3.46. The van der Waals surface area contributed by atoms with Crippen molar-refractivity contribution in [3.63, 3.8) is 0 Å². The van der Waals surface area contributed by atoms with Crippen molar-refractivity contribution in [2.45, 2.75) is 39.7 Å². The van der Waals surface area contributed by atoms with Gasteiger partial charge in [0, 0.05) is 37.5 Å². The van der Waals surface area contributed by atoms with Crippen molar-refractivity contribution in [2.24, 2.45) is 0 Å². The van der Waals surface area contributed by atoms with Crippen LogP contribution < -0.4 is 10.5 Å². The molecule has 0 amide bonds. The van der Waals surface area contributed by atoms with Crippen LogP contribution in [-0.4, -0.2) is 27.6 Å². The van der Waals surface area contributed by atoms with Crippen LogP contribution in [-0.2, 0) is 6.54 Å². The molecule has 1 aliphatic rings. The highest BCUT2D eigenvalue weighted by Gasteiger charge is 2.22. The maximum absolute atomic E-state index is 12.9. The standard InChI is InChI=1S/C24H26N4O3/c1-3-12-26(13-4-2)19-7-5-17(6-8-19)15-18-11-14-27-23(18)25-22-10-9-20(28(30)31)16-21(22)24(27)29/h5-10,15-16H,3-4,11-14H2,1-2H3/b18-15+. The Morgan fingerprint density at radius 3 is 2.48 bits per heavy atom. The topological polar surface area (TPSA) is 81.3 Å². The molecule has 1 aromatic heterocycles. The first-order valence-electron chi connectivity index (χ1n) is 10.8. The molecule has 0 radical (unpaired) electrons. The smallest absolute Gasteiger partial charge is 0.270 e. The summed E-state index contributed by atoms with van der Waals surface area (Å²) in [5.74, 6) is 0.647. The van der Waals surface area contributed by atoms with E-state index in [1.165, 1.54) is 17.8 Å². The van der Waals surface area contributed by atoms with Gasteiger partial charge in [0.15, 0.2) is 0 Å². The molecule has 0 N–H and O–H groups in total. The molecule has 0 unspecified atom stereocenters. The average Bonchev–Trinajstić information content (AvgIpc) is 3.17. The quantitative estimate of drug-likeness (QED) is 0.404. The second kappa shape index (κ2) is 8.71. The van der Waals surface area contributed by atoms with Gasteiger partial charge in [-0.3, -0.25) is 19.5 Å². The molecule has 31 heavy (non-hydrogen) atoms. The zero-order chi connectivity index (χ0) is 22.0. The molecule has 1 aliphatic heterocycles. The monoisotopic (exact) mass is 418 g/mol. The molecule has 0 fully saturated rings. The van der Waals surface area contributed by atoms with E-state index in [-0.39, 0.29) is 16.6 Å². The third-order valence-electron chi connectivity index (χ3n) is 5.63. The number of fused-ring (bicyclic) bond motifs is 2. The molecular formula is C24H26N4O3. The number of nitro groups is 1. The van der Waals surface area contributed by atoms with E-state index in [9.17, 15) is 14.9 Å². The predicted octanol–water partition coefficient (Wildman–Crippen LogP) is 4.88. The van der Waals surface area contributed by atoms with E-state index in [1.54, 1.807) is 10.6 Å². The Hall–Kier alpha value is -3.48. The zero-order valence-electron chi connectivity index (χ0n) is 17.9. The highest BCUT2D eigenvalue weighted by Crippen LogP contribution is 2.29. The molecule has 7 nitrogen and oxygen atoms in total. The summed E-state index contributed by atoms with van der Waals surface area (Å²) in [4.78, 5) is 30.5. The van der Waals surface area contributed by atoms with Gasteiger partial charge in [-0.15, -0.1) is 0 Å². The highest BCUT2D eigenvalue weighted by atomic mass is 16.6. The number of nitrogens with zero attached hydrogens (tertiary/aromatic N) is 4. The van der Waals surface area contributed by atoms with Crippen molar-refractivity contribution < 1.29 is 4.92 Å². The van der Waals surface area contributed by atoms with Crippen LogP contribution in [0.25, 0.3) is 22.6 Å². The van der Waals surface area contributed by atoms with Crippen LogP contribution >= 0.6 is 0 Å². The molecule has 3 aromatic rings. The summed E-state index contributed by atoms with van der Waals surface area (Å²) in [6.45, 7) is 7.00. The van der Waals surface area contributed by atoms with Crippen molar-refractivity contribution in [3.8, 4) is 0 Å². The number of rotatable bonds is 7. The second-order valence-electron chi connectivity index (χ2n) is 7.85. The largest absolute Gasteiger partial charge is 0.372 e. The van der Waals surface area contributed by atoms with Crippen molar-refractivity contribution in [2.75, 3.05) is 18.0 Å². The van der Waals surface area contributed by atoms with Gasteiger partial charge in [0.2, 0.25) is 0 Å². The number of anilines is 1. The Morgan fingerprint density at radius 1 is 1.13 bits per heavy atom. The van der Waals surface area contributed by atoms with E-state index >= 15 is 0 Å². The summed E-state index contributed by atoms with van der Waals surface area (Å²) in [6.07, 6.45) is 5.01. The van der Waals surface area contributed by atoms with Gasteiger partial charge < -0.3 is 4.90 Å². The number of allylic oxidation sites excluding steroid dienone is 1. The Bertz CT molecular complexity index is 1210. The maximum Gasteiger partial charge on any atom is 0.270 e. The molecular weight excluding hydrogens is 392 g/mol. The number of nitro benzene ring substituents is 1. The van der Waals surface area contributed by atoms with Crippen LogP contribution in [0.2, 0.25) is 0 Å². The lowest BCUT2D eigenvalue weighted by molar-refractivity contribution is -0.384. The minimum atomic E-state index is -0.492. The molecule has 0 atom stereocenters. The summed E-state index contributed by atoms with van der Waals surface area (Å²) in [7, 11) is 0. The predicted molar refractivity (Wildman–Crippen MR) is 124 cm³/mol. The zero-order valence-corrected chi connectivity index (χ0v) is 17.9. The average molecular weight is 418 g/mol. The van der Waals surface area contributed by atoms with Crippen LogP contribution in [0.3, 0.4) is 0 Å². The Kier molecular flexibility index (Phi) is 5.84. The first-order chi connectivity index (χ1) is 15.0. The molecule has 2 heterocycles. The van der Waals surface area contributed by atoms with E-state index in [2.05, 4.69) is 54.1 Å². The lowest BCUT2D eigenvalue weighted by atomic mass is 10.1. The number of aromatic nitrogens is 2. The lowest BCUT2D eigenvalue weighted by Gasteiger charge is -2.23. The van der Waals surface area contributed by atoms with Gasteiger partial charge in [-0.1, -0.05) is 26.0 Å². The summed E-state index contributed by atoms with van der Waals surface area (Å²) >= 11 is 0. The SMILES string of the molecule is CCCN(CCC)c1ccc(/C=C2\CCn3c2nc2ccc([N+](=O)[O-])cc2c3=O)cc1. The minimum absolute atomic E-state index is 0.0963. The van der Waals surface area contributed by atoms with Gasteiger partial charge in [0.1, 0.15) is 5.82 Å². The highest BCUT2D eigenvalue weighted by molar-refractivity contribution is 5.85. The van der Waals surface area contributed by atoms with E-state index in [4.69, 9.17) is 0 Å². The van der Waals surface area contributed by atoms with Crippen LogP contribution in [0, 0.1) is 10.1 Å². The first kappa shape index (κ1) is 20.8. The fraction of sp³-hybridized carbons (Fsp3) is 0.333. The second-order valence-corrected chi connectivity index (χ2v) is 7.85. The molecule has 0 aliphatic carbocycles. The fourth-order valence-corrected chi connectivity index (χ4v) is 4.15. The summed E-state index contributed by atoms with van der Waals surface area (Å²) in [5, 5.41) is 11.3. The number of hydrogen-bond donors (Lipinski definition) is 0. The Balaban J connectivity index is 1.67. The van der Waals surface area contributed by atoms with Crippen molar-refractivity contribution in [3.05, 3.63) is 74.3 Å². The molecule has 7 heteroatoms. The third-order valence-corrected chi connectivity index (χ3v) is 5.63. The molecule has 0 saturated carbocycles. The van der Waals surface area contributed by atoms with Gasteiger partial charge in [-0.25, -0.2) is 4.98 Å². The Morgan fingerprint density at radius 2 is 1.84 bits per heavy atom. The van der Waals surface area contributed by atoms with Gasteiger partial charge in [0.25, 0.3) is 11.2 Å². The van der Waals surface area contributed by atoms with E-state index in [0.29, 0.717) is 24.3 Å². The van der Waals surface area contributed by atoms with Crippen LogP contribution in [0.5, 0.6) is 0 Å². The van der Waals surface area contributed by atoms with Crippen molar-refractivity contribution >= 4 is 33.9 Å². The summed E-state index contributed by atoms with van der Waals surface area (Å²) in [6, 6.07) is 12.8. The molecule has 0 spiro atoms. The maximum atomic E-state index is 12.9. The third kappa shape index (κ3) is 4.08. The van der Waals surface area contributed by atoms with Gasteiger partial charge in [0.05, 0.1) is 15.8 Å². The minimum Gasteiger partial charge on any atom is -0.372 e. The van der Waals surface area contributed by atoms with Crippen molar-refractivity contribution in [1.82, 2.24) is 9.55 Å².